The number of nitrogens with one attached hydrogen (secondary N) is 1. The van der Waals surface area contributed by atoms with Gasteiger partial charge in [0.2, 0.25) is 0 Å². The topological polar surface area (TPSA) is 68.5 Å². The number of aryl methyl sites for hydroxylation is 1. The minimum Gasteiger partial charge on any atom is -0.379 e. The fourth-order valence-electron chi connectivity index (χ4n) is 1.69. The summed E-state index contributed by atoms with van der Waals surface area (Å²) in [6.07, 6.45) is 1.57. The Bertz CT molecular complexity index is 643. The molecule has 7 heteroatoms. The van der Waals surface area contributed by atoms with Gasteiger partial charge in [-0.1, -0.05) is 0 Å². The maximum atomic E-state index is 4.41. The predicted octanol–water partition coefficient (Wildman–Crippen LogP) is 2.04. The lowest BCUT2D eigenvalue weighted by Gasteiger charge is -2.05. The van der Waals surface area contributed by atoms with Gasteiger partial charge in [-0.3, -0.25) is 0 Å². The number of thiazole rings is 1. The Hall–Kier alpha value is -2.28. The van der Waals surface area contributed by atoms with E-state index in [1.165, 1.54) is 0 Å². The second kappa shape index (κ2) is 5.15. The Morgan fingerprint density at radius 2 is 2.11 bits per heavy atom. The molecule has 0 aliphatic heterocycles. The van der Waals surface area contributed by atoms with Crippen molar-refractivity contribution < 1.29 is 0 Å². The molecule has 0 aliphatic rings. The fraction of sp³-hybridized carbons (Fsp3) is 0.167. The largest absolute Gasteiger partial charge is 0.379 e. The van der Waals surface area contributed by atoms with Crippen LogP contribution in [0.4, 0.5) is 5.69 Å². The Morgan fingerprint density at radius 1 is 1.26 bits per heavy atom. The van der Waals surface area contributed by atoms with Crippen molar-refractivity contribution in [2.75, 3.05) is 5.32 Å². The summed E-state index contributed by atoms with van der Waals surface area (Å²) < 4.78 is 1.62. The van der Waals surface area contributed by atoms with Gasteiger partial charge in [0.1, 0.15) is 6.33 Å². The maximum Gasteiger partial charge on any atom is 0.143 e. The first-order chi connectivity index (χ1) is 9.31. The number of nitrogens with zero attached hydrogens (tertiary/aromatic N) is 5. The van der Waals surface area contributed by atoms with E-state index in [1.54, 1.807) is 22.3 Å². The standard InChI is InChI=1S/C12H12N6S/c1-9-15-11(7-19-9)6-13-10-2-4-12(5-3-10)18-8-14-16-17-18/h2-5,7-8,13H,6H2,1H3. The van der Waals surface area contributed by atoms with Crippen LogP contribution in [-0.4, -0.2) is 25.2 Å². The van der Waals surface area contributed by atoms with Crippen molar-refractivity contribution in [2.45, 2.75) is 13.5 Å². The van der Waals surface area contributed by atoms with Gasteiger partial charge in [-0.15, -0.1) is 16.4 Å². The number of hydrogen-bond acceptors (Lipinski definition) is 6. The lowest BCUT2D eigenvalue weighted by Crippen LogP contribution is -2.00. The number of benzene rings is 1. The van der Waals surface area contributed by atoms with Crippen molar-refractivity contribution in [2.24, 2.45) is 0 Å². The van der Waals surface area contributed by atoms with Crippen LogP contribution >= 0.6 is 11.3 Å². The molecule has 2 aromatic heterocycles. The summed E-state index contributed by atoms with van der Waals surface area (Å²) >= 11 is 1.66. The van der Waals surface area contributed by atoms with Crippen LogP contribution in [0.2, 0.25) is 0 Å². The molecular weight excluding hydrogens is 260 g/mol. The van der Waals surface area contributed by atoms with Gasteiger partial charge in [-0.05, 0) is 41.6 Å². The fourth-order valence-corrected chi connectivity index (χ4v) is 2.31. The van der Waals surface area contributed by atoms with Gasteiger partial charge in [-0.25, -0.2) is 9.67 Å². The third-order valence-corrected chi connectivity index (χ3v) is 3.44. The Morgan fingerprint density at radius 3 is 2.74 bits per heavy atom. The molecule has 0 spiro atoms. The van der Waals surface area contributed by atoms with Crippen LogP contribution in [0.1, 0.15) is 10.7 Å². The first-order valence-corrected chi connectivity index (χ1v) is 6.67. The van der Waals surface area contributed by atoms with E-state index in [1.807, 2.05) is 31.2 Å². The van der Waals surface area contributed by atoms with Gasteiger partial charge in [0.05, 0.1) is 22.9 Å². The molecule has 1 N–H and O–H groups in total. The molecule has 2 heterocycles. The summed E-state index contributed by atoms with van der Waals surface area (Å²) in [6, 6.07) is 7.92. The monoisotopic (exact) mass is 272 g/mol. The van der Waals surface area contributed by atoms with Gasteiger partial charge in [0.15, 0.2) is 0 Å². The van der Waals surface area contributed by atoms with Crippen LogP contribution in [-0.2, 0) is 6.54 Å². The van der Waals surface area contributed by atoms with Crippen molar-refractivity contribution in [1.29, 1.82) is 0 Å². The molecule has 19 heavy (non-hydrogen) atoms. The molecule has 0 amide bonds. The highest BCUT2D eigenvalue weighted by atomic mass is 32.1. The van der Waals surface area contributed by atoms with Crippen LogP contribution in [0.3, 0.4) is 0 Å². The average molecular weight is 272 g/mol. The van der Waals surface area contributed by atoms with Gasteiger partial charge in [0.25, 0.3) is 0 Å². The second-order valence-corrected chi connectivity index (χ2v) is 5.07. The second-order valence-electron chi connectivity index (χ2n) is 4.01. The quantitative estimate of drug-likeness (QED) is 0.787. The first kappa shape index (κ1) is 11.8. The van der Waals surface area contributed by atoms with E-state index in [4.69, 9.17) is 0 Å². The highest BCUT2D eigenvalue weighted by Gasteiger charge is 2.00. The maximum absolute atomic E-state index is 4.41. The normalized spacial score (nSPS) is 10.6. The lowest BCUT2D eigenvalue weighted by molar-refractivity contribution is 0.789. The van der Waals surface area contributed by atoms with Gasteiger partial charge >= 0.3 is 0 Å². The molecule has 6 nitrogen and oxygen atoms in total. The van der Waals surface area contributed by atoms with E-state index in [2.05, 4.69) is 31.2 Å². The minimum atomic E-state index is 0.731. The zero-order chi connectivity index (χ0) is 13.1. The summed E-state index contributed by atoms with van der Waals surface area (Å²) in [4.78, 5) is 4.41. The number of aromatic nitrogens is 5. The lowest BCUT2D eigenvalue weighted by atomic mass is 10.3. The summed E-state index contributed by atoms with van der Waals surface area (Å²) in [5.41, 5.74) is 3.04. The third-order valence-electron chi connectivity index (χ3n) is 2.62. The number of rotatable bonds is 4. The van der Waals surface area contributed by atoms with E-state index in [0.29, 0.717) is 0 Å². The summed E-state index contributed by atoms with van der Waals surface area (Å²) in [5, 5.41) is 17.5. The predicted molar refractivity (Wildman–Crippen MR) is 73.3 cm³/mol. The average Bonchev–Trinajstić information content (AvgIpc) is 3.08. The van der Waals surface area contributed by atoms with Gasteiger partial charge < -0.3 is 5.32 Å². The molecule has 0 aliphatic carbocycles. The van der Waals surface area contributed by atoms with Crippen LogP contribution in [0, 0.1) is 6.92 Å². The van der Waals surface area contributed by atoms with Crippen molar-refractivity contribution in [1.82, 2.24) is 25.2 Å². The molecule has 0 bridgehead atoms. The molecular formula is C12H12N6S. The Labute approximate surface area is 114 Å². The van der Waals surface area contributed by atoms with Crippen LogP contribution in [0.25, 0.3) is 5.69 Å². The molecule has 3 aromatic rings. The smallest absolute Gasteiger partial charge is 0.143 e. The zero-order valence-electron chi connectivity index (χ0n) is 10.3. The summed E-state index contributed by atoms with van der Waals surface area (Å²) in [6.45, 7) is 2.74. The van der Waals surface area contributed by atoms with E-state index < -0.39 is 0 Å². The zero-order valence-corrected chi connectivity index (χ0v) is 11.1. The van der Waals surface area contributed by atoms with Crippen LogP contribution < -0.4 is 5.32 Å². The molecule has 0 atom stereocenters. The summed E-state index contributed by atoms with van der Waals surface area (Å²) in [5.74, 6) is 0. The van der Waals surface area contributed by atoms with E-state index in [-0.39, 0.29) is 0 Å². The molecule has 1 aromatic carbocycles. The Kier molecular flexibility index (Phi) is 3.20. The first-order valence-electron chi connectivity index (χ1n) is 5.79. The molecule has 0 radical (unpaired) electrons. The van der Waals surface area contributed by atoms with Crippen LogP contribution in [0.5, 0.6) is 0 Å². The van der Waals surface area contributed by atoms with E-state index >= 15 is 0 Å². The molecule has 3 rings (SSSR count). The number of hydrogen-bond donors (Lipinski definition) is 1. The molecule has 0 fully saturated rings. The van der Waals surface area contributed by atoms with Gasteiger partial charge in [0, 0.05) is 11.1 Å². The molecule has 96 valence electrons. The van der Waals surface area contributed by atoms with Crippen molar-refractivity contribution in [3.8, 4) is 5.69 Å². The van der Waals surface area contributed by atoms with Crippen molar-refractivity contribution >= 4 is 17.0 Å². The number of anilines is 1. The van der Waals surface area contributed by atoms with Crippen molar-refractivity contribution in [3.05, 3.63) is 46.7 Å². The van der Waals surface area contributed by atoms with E-state index in [0.717, 1.165) is 28.6 Å². The highest BCUT2D eigenvalue weighted by molar-refractivity contribution is 7.09. The molecule has 0 unspecified atom stereocenters. The molecule has 0 saturated heterocycles. The van der Waals surface area contributed by atoms with E-state index in [9.17, 15) is 0 Å². The summed E-state index contributed by atoms with van der Waals surface area (Å²) in [7, 11) is 0. The SMILES string of the molecule is Cc1nc(CNc2ccc(-n3cnnn3)cc2)cs1. The van der Waals surface area contributed by atoms with Crippen LogP contribution in [0.15, 0.2) is 36.0 Å². The third kappa shape index (κ3) is 2.76. The minimum absolute atomic E-state index is 0.731. The molecule has 0 saturated carbocycles. The van der Waals surface area contributed by atoms with Crippen molar-refractivity contribution in [3.63, 3.8) is 0 Å². The highest BCUT2D eigenvalue weighted by Crippen LogP contribution is 2.14. The van der Waals surface area contributed by atoms with Gasteiger partial charge in [-0.2, -0.15) is 0 Å². The Balaban J connectivity index is 1.66. The number of tetrazole rings is 1.